The molecule has 5 aromatic rings. The molecule has 0 saturated carbocycles. The van der Waals surface area contributed by atoms with Gasteiger partial charge in [0.1, 0.15) is 5.82 Å². The molecular formula is C33H34N4NaO4. The van der Waals surface area contributed by atoms with Crippen LogP contribution in [0.5, 0.6) is 0 Å². The van der Waals surface area contributed by atoms with Crippen LogP contribution in [0.25, 0.3) is 28.2 Å². The van der Waals surface area contributed by atoms with Gasteiger partial charge in [-0.25, -0.2) is 9.78 Å². The van der Waals surface area contributed by atoms with Gasteiger partial charge in [0, 0.05) is 47.1 Å². The number of rotatable bonds is 9. The maximum atomic E-state index is 14.0. The van der Waals surface area contributed by atoms with Crippen molar-refractivity contribution >= 4 is 29.6 Å². The molecule has 42 heavy (non-hydrogen) atoms. The summed E-state index contributed by atoms with van der Waals surface area (Å²) in [5.74, 6) is 0.388. The van der Waals surface area contributed by atoms with Crippen LogP contribution in [0.15, 0.2) is 86.9 Å². The van der Waals surface area contributed by atoms with Crippen molar-refractivity contribution in [3.05, 3.63) is 122 Å². The molecule has 0 unspecified atom stereocenters. The van der Waals surface area contributed by atoms with Crippen LogP contribution in [0, 0.1) is 6.92 Å². The zero-order valence-electron chi connectivity index (χ0n) is 24.8. The zero-order chi connectivity index (χ0) is 29.1. The van der Waals surface area contributed by atoms with E-state index in [1.165, 1.54) is 0 Å². The Bertz CT molecular complexity index is 1800. The van der Waals surface area contributed by atoms with Crippen LogP contribution in [0.2, 0.25) is 0 Å². The standard InChI is InChI=1S/C33H34N4O4.Na/c1-5-6-14-29-28(31(38)37(21(2)34-29)25-11-9-10-24(20-25)33(3,4)40)19-22-15-17-23(18-16-22)26-12-7-8-13-27(26)30-35-32(39)41-36-30;/h7-13,15-18,20,40H,5-6,14,19H2,1-4H3,(H,35,36,39);. The molecule has 0 amide bonds. The van der Waals surface area contributed by atoms with E-state index in [9.17, 15) is 14.7 Å². The number of nitrogens with one attached hydrogen (secondary N) is 1. The van der Waals surface area contributed by atoms with Crippen molar-refractivity contribution < 1.29 is 9.63 Å². The first-order valence-corrected chi connectivity index (χ1v) is 13.8. The van der Waals surface area contributed by atoms with E-state index in [0.717, 1.165) is 52.8 Å². The van der Waals surface area contributed by atoms with Gasteiger partial charge < -0.3 is 5.11 Å². The number of hydrogen-bond donors (Lipinski definition) is 2. The first kappa shape index (κ1) is 31.4. The molecule has 3 aromatic carbocycles. The minimum atomic E-state index is -1.03. The fourth-order valence-electron chi connectivity index (χ4n) is 5.07. The average molecular weight is 574 g/mol. The Kier molecular flexibility index (Phi) is 9.84. The fraction of sp³-hybridized carbons (Fsp3) is 0.273. The van der Waals surface area contributed by atoms with Gasteiger partial charge in [-0.05, 0) is 68.0 Å². The van der Waals surface area contributed by atoms with Gasteiger partial charge in [-0.15, -0.1) is 0 Å². The summed E-state index contributed by atoms with van der Waals surface area (Å²) in [5.41, 5.74) is 5.37. The summed E-state index contributed by atoms with van der Waals surface area (Å²) in [7, 11) is 0. The molecule has 8 nitrogen and oxygen atoms in total. The van der Waals surface area contributed by atoms with Crippen LogP contribution < -0.4 is 11.3 Å². The van der Waals surface area contributed by atoms with Crippen LogP contribution in [0.3, 0.4) is 0 Å². The first-order valence-electron chi connectivity index (χ1n) is 13.8. The van der Waals surface area contributed by atoms with Gasteiger partial charge in [0.05, 0.1) is 17.0 Å². The van der Waals surface area contributed by atoms with E-state index in [1.807, 2.05) is 79.7 Å². The van der Waals surface area contributed by atoms with Crippen molar-refractivity contribution in [3.8, 4) is 28.2 Å². The van der Waals surface area contributed by atoms with Crippen molar-refractivity contribution in [1.29, 1.82) is 0 Å². The van der Waals surface area contributed by atoms with Crippen LogP contribution in [0.1, 0.15) is 61.8 Å². The number of nitrogens with zero attached hydrogens (tertiary/aromatic N) is 3. The minimum Gasteiger partial charge on any atom is -0.386 e. The second-order valence-corrected chi connectivity index (χ2v) is 10.8. The normalized spacial score (nSPS) is 11.4. The molecule has 211 valence electrons. The third-order valence-corrected chi connectivity index (χ3v) is 7.28. The largest absolute Gasteiger partial charge is 0.439 e. The van der Waals surface area contributed by atoms with Crippen LogP contribution in [-0.4, -0.2) is 54.4 Å². The molecule has 0 atom stereocenters. The predicted molar refractivity (Wildman–Crippen MR) is 165 cm³/mol. The molecule has 5 rings (SSSR count). The number of aromatic amines is 1. The summed E-state index contributed by atoms with van der Waals surface area (Å²) in [6, 6.07) is 23.1. The van der Waals surface area contributed by atoms with Gasteiger partial charge in [-0.3, -0.25) is 18.9 Å². The molecule has 9 heteroatoms. The molecule has 0 saturated heterocycles. The van der Waals surface area contributed by atoms with Crippen LogP contribution >= 0.6 is 0 Å². The Morgan fingerprint density at radius 2 is 1.69 bits per heavy atom. The van der Waals surface area contributed by atoms with Gasteiger partial charge in [0.25, 0.3) is 5.56 Å². The van der Waals surface area contributed by atoms with Crippen molar-refractivity contribution in [2.75, 3.05) is 0 Å². The molecule has 2 N–H and O–H groups in total. The minimum absolute atomic E-state index is 0. The Balaban J connectivity index is 0.00000405. The van der Waals surface area contributed by atoms with E-state index in [2.05, 4.69) is 17.1 Å². The maximum absolute atomic E-state index is 14.0. The van der Waals surface area contributed by atoms with E-state index in [-0.39, 0.29) is 35.1 Å². The van der Waals surface area contributed by atoms with E-state index in [0.29, 0.717) is 29.3 Å². The summed E-state index contributed by atoms with van der Waals surface area (Å²) in [6.45, 7) is 7.44. The molecule has 2 aromatic heterocycles. The van der Waals surface area contributed by atoms with Gasteiger partial charge in [0.15, 0.2) is 5.82 Å². The molecule has 2 heterocycles. The van der Waals surface area contributed by atoms with E-state index in [4.69, 9.17) is 9.51 Å². The second kappa shape index (κ2) is 13.2. The molecule has 0 aliphatic carbocycles. The smallest absolute Gasteiger partial charge is 0.386 e. The second-order valence-electron chi connectivity index (χ2n) is 10.8. The summed E-state index contributed by atoms with van der Waals surface area (Å²) >= 11 is 0. The molecule has 0 bridgehead atoms. The van der Waals surface area contributed by atoms with Crippen LogP contribution in [-0.2, 0) is 18.4 Å². The van der Waals surface area contributed by atoms with Crippen LogP contribution in [0.4, 0.5) is 0 Å². The summed E-state index contributed by atoms with van der Waals surface area (Å²) in [4.78, 5) is 33.1. The molecule has 0 aliphatic heterocycles. The number of aromatic nitrogens is 4. The molecule has 0 spiro atoms. The maximum Gasteiger partial charge on any atom is 0.439 e. The summed E-state index contributed by atoms with van der Waals surface area (Å²) < 4.78 is 6.35. The SMILES string of the molecule is CCCCc1nc(C)n(-c2cccc(C(C)(C)O)c2)c(=O)c1Cc1ccc(-c2ccccc2-c2noc(=O)[nH]2)cc1.[Na]. The number of aliphatic hydroxyl groups is 1. The average Bonchev–Trinajstić information content (AvgIpc) is 3.40. The fourth-order valence-corrected chi connectivity index (χ4v) is 5.07. The van der Waals surface area contributed by atoms with Crippen molar-refractivity contribution in [2.24, 2.45) is 0 Å². The van der Waals surface area contributed by atoms with Crippen molar-refractivity contribution in [2.45, 2.75) is 59.0 Å². The molecule has 1 radical (unpaired) electrons. The molecular weight excluding hydrogens is 539 g/mol. The third-order valence-electron chi connectivity index (χ3n) is 7.28. The van der Waals surface area contributed by atoms with Gasteiger partial charge in [0.2, 0.25) is 0 Å². The molecule has 0 fully saturated rings. The molecule has 0 aliphatic rings. The summed E-state index contributed by atoms with van der Waals surface area (Å²) in [6.07, 6.45) is 3.11. The number of unbranched alkanes of at least 4 members (excludes halogenated alkanes) is 1. The van der Waals surface area contributed by atoms with Gasteiger partial charge in [-0.1, -0.05) is 79.2 Å². The van der Waals surface area contributed by atoms with E-state index < -0.39 is 11.4 Å². The Morgan fingerprint density at radius 1 is 0.976 bits per heavy atom. The number of benzene rings is 3. The number of H-pyrrole nitrogens is 1. The van der Waals surface area contributed by atoms with Crippen molar-refractivity contribution in [1.82, 2.24) is 19.7 Å². The zero-order valence-corrected chi connectivity index (χ0v) is 26.8. The monoisotopic (exact) mass is 573 g/mol. The third kappa shape index (κ3) is 6.73. The Morgan fingerprint density at radius 3 is 2.33 bits per heavy atom. The number of aryl methyl sites for hydroxylation is 2. The van der Waals surface area contributed by atoms with E-state index in [1.54, 1.807) is 18.4 Å². The van der Waals surface area contributed by atoms with Gasteiger partial charge >= 0.3 is 5.76 Å². The van der Waals surface area contributed by atoms with E-state index >= 15 is 0 Å². The first-order chi connectivity index (χ1) is 19.7. The van der Waals surface area contributed by atoms with Crippen molar-refractivity contribution in [3.63, 3.8) is 0 Å². The Hall–Kier alpha value is -3.56. The topological polar surface area (TPSA) is 114 Å². The summed E-state index contributed by atoms with van der Waals surface area (Å²) in [5, 5.41) is 14.4. The quantitative estimate of drug-likeness (QED) is 0.231. The van der Waals surface area contributed by atoms with Gasteiger partial charge in [-0.2, -0.15) is 0 Å². The Labute approximate surface area is 266 Å². The predicted octanol–water partition coefficient (Wildman–Crippen LogP) is 5.33. The number of hydrogen-bond acceptors (Lipinski definition) is 6.